The van der Waals surface area contributed by atoms with E-state index in [2.05, 4.69) is 10.3 Å². The van der Waals surface area contributed by atoms with Gasteiger partial charge < -0.3 is 9.73 Å². The number of carbonyl (C=O) groups excluding carboxylic acids is 1. The molecule has 0 radical (unpaired) electrons. The average molecular weight is 356 g/mol. The molecule has 25 heavy (non-hydrogen) atoms. The minimum absolute atomic E-state index is 0.0948. The van der Waals surface area contributed by atoms with Crippen molar-refractivity contribution in [2.75, 3.05) is 6.54 Å². The lowest BCUT2D eigenvalue weighted by Crippen LogP contribution is -2.31. The molecule has 1 atom stereocenters. The molecule has 1 amide bonds. The Hall–Kier alpha value is -2.93. The van der Waals surface area contributed by atoms with Crippen LogP contribution in [0, 0.1) is 0 Å². The zero-order valence-electron chi connectivity index (χ0n) is 13.2. The third kappa shape index (κ3) is 3.77. The topological polar surface area (TPSA) is 89.3 Å². The molecule has 7 heteroatoms. The first-order chi connectivity index (χ1) is 12.1. The number of amides is 1. The smallest absolute Gasteiger partial charge is 0.287 e. The summed E-state index contributed by atoms with van der Waals surface area (Å²) in [5.41, 5.74) is 0.506. The van der Waals surface area contributed by atoms with Crippen molar-refractivity contribution in [3.63, 3.8) is 0 Å². The van der Waals surface area contributed by atoms with Gasteiger partial charge in [-0.15, -0.1) is 0 Å². The third-order valence-electron chi connectivity index (χ3n) is 3.70. The molecule has 0 saturated heterocycles. The van der Waals surface area contributed by atoms with Crippen LogP contribution < -0.4 is 5.32 Å². The van der Waals surface area contributed by atoms with E-state index in [0.717, 1.165) is 0 Å². The molecule has 3 aromatic rings. The van der Waals surface area contributed by atoms with E-state index >= 15 is 0 Å². The average Bonchev–Trinajstić information content (AvgIpc) is 3.18. The highest BCUT2D eigenvalue weighted by molar-refractivity contribution is 7.91. The lowest BCUT2D eigenvalue weighted by molar-refractivity contribution is 0.0926. The molecule has 3 rings (SSSR count). The summed E-state index contributed by atoms with van der Waals surface area (Å²) in [6, 6.07) is 14.6. The monoisotopic (exact) mass is 356 g/mol. The largest absolute Gasteiger partial charge is 0.459 e. The van der Waals surface area contributed by atoms with Crippen LogP contribution in [0.4, 0.5) is 0 Å². The number of furan rings is 1. The summed E-state index contributed by atoms with van der Waals surface area (Å²) in [5.74, 6) is -0.343. The Balaban J connectivity index is 1.90. The van der Waals surface area contributed by atoms with Gasteiger partial charge in [0.05, 0.1) is 11.2 Å². The van der Waals surface area contributed by atoms with Gasteiger partial charge in [-0.3, -0.25) is 9.78 Å². The number of carbonyl (C=O) groups is 1. The van der Waals surface area contributed by atoms with Crippen LogP contribution in [0.15, 0.2) is 82.6 Å². The summed E-state index contributed by atoms with van der Waals surface area (Å²) >= 11 is 0. The molecule has 1 aromatic carbocycles. The molecule has 1 N–H and O–H groups in total. The van der Waals surface area contributed by atoms with E-state index in [1.54, 1.807) is 42.6 Å². The molecule has 1 unspecified atom stereocenters. The zero-order valence-corrected chi connectivity index (χ0v) is 14.0. The van der Waals surface area contributed by atoms with Crippen LogP contribution in [0.5, 0.6) is 0 Å². The minimum atomic E-state index is -3.70. The molecule has 0 fully saturated rings. The van der Waals surface area contributed by atoms with E-state index in [4.69, 9.17) is 4.42 Å². The Morgan fingerprint density at radius 2 is 1.88 bits per heavy atom. The second-order valence-electron chi connectivity index (χ2n) is 5.32. The van der Waals surface area contributed by atoms with Crippen molar-refractivity contribution in [3.05, 3.63) is 84.6 Å². The first-order valence-corrected chi connectivity index (χ1v) is 9.14. The minimum Gasteiger partial charge on any atom is -0.459 e. The molecular weight excluding hydrogens is 340 g/mol. The van der Waals surface area contributed by atoms with Crippen LogP contribution in [0.1, 0.15) is 21.4 Å². The van der Waals surface area contributed by atoms with Crippen molar-refractivity contribution < 1.29 is 17.6 Å². The van der Waals surface area contributed by atoms with E-state index in [1.807, 2.05) is 0 Å². The number of pyridine rings is 1. The Kier molecular flexibility index (Phi) is 4.95. The lowest BCUT2D eigenvalue weighted by atomic mass is 10.2. The number of hydrogen-bond donors (Lipinski definition) is 1. The van der Waals surface area contributed by atoms with Gasteiger partial charge in [-0.1, -0.05) is 24.3 Å². The van der Waals surface area contributed by atoms with Crippen molar-refractivity contribution in [1.82, 2.24) is 10.3 Å². The quantitative estimate of drug-likeness (QED) is 0.733. The summed E-state index contributed by atoms with van der Waals surface area (Å²) < 4.78 is 31.1. The van der Waals surface area contributed by atoms with Gasteiger partial charge in [-0.05, 0) is 35.9 Å². The fourth-order valence-electron chi connectivity index (χ4n) is 2.43. The SMILES string of the molecule is O=C(NCC(c1cccnc1)S(=O)(=O)c1ccccc1)c1ccco1. The Labute approximate surface area is 145 Å². The number of nitrogens with zero attached hydrogens (tertiary/aromatic N) is 1. The fourth-order valence-corrected chi connectivity index (χ4v) is 4.09. The van der Waals surface area contributed by atoms with Crippen LogP contribution in [0.25, 0.3) is 0 Å². The predicted octanol–water partition coefficient (Wildman–Crippen LogP) is 2.62. The van der Waals surface area contributed by atoms with E-state index in [0.29, 0.717) is 5.56 Å². The molecule has 0 bridgehead atoms. The van der Waals surface area contributed by atoms with Crippen molar-refractivity contribution >= 4 is 15.7 Å². The molecule has 2 heterocycles. The Morgan fingerprint density at radius 3 is 2.52 bits per heavy atom. The van der Waals surface area contributed by atoms with Crippen LogP contribution in [0.3, 0.4) is 0 Å². The van der Waals surface area contributed by atoms with Gasteiger partial charge in [0.15, 0.2) is 15.6 Å². The summed E-state index contributed by atoms with van der Waals surface area (Å²) in [7, 11) is -3.70. The van der Waals surface area contributed by atoms with Crippen molar-refractivity contribution in [2.24, 2.45) is 0 Å². The van der Waals surface area contributed by atoms with Crippen LogP contribution >= 0.6 is 0 Å². The molecule has 0 aliphatic rings. The number of rotatable bonds is 6. The predicted molar refractivity (Wildman–Crippen MR) is 91.6 cm³/mol. The Morgan fingerprint density at radius 1 is 1.08 bits per heavy atom. The first kappa shape index (κ1) is 16.9. The van der Waals surface area contributed by atoms with Gasteiger partial charge in [0, 0.05) is 18.9 Å². The van der Waals surface area contributed by atoms with Crippen LogP contribution in [-0.4, -0.2) is 25.9 Å². The molecule has 0 aliphatic carbocycles. The first-order valence-electron chi connectivity index (χ1n) is 7.59. The number of benzene rings is 1. The molecule has 6 nitrogen and oxygen atoms in total. The van der Waals surface area contributed by atoms with Gasteiger partial charge in [-0.2, -0.15) is 0 Å². The lowest BCUT2D eigenvalue weighted by Gasteiger charge is -2.18. The zero-order chi connectivity index (χ0) is 17.7. The third-order valence-corrected chi connectivity index (χ3v) is 5.81. The maximum atomic E-state index is 13.0. The van der Waals surface area contributed by atoms with Crippen molar-refractivity contribution in [3.8, 4) is 0 Å². The second kappa shape index (κ2) is 7.31. The number of nitrogens with one attached hydrogen (secondary N) is 1. The normalized spacial score (nSPS) is 12.5. The second-order valence-corrected chi connectivity index (χ2v) is 7.45. The van der Waals surface area contributed by atoms with Crippen LogP contribution in [0.2, 0.25) is 0 Å². The summed E-state index contributed by atoms with van der Waals surface area (Å²) in [6.07, 6.45) is 4.44. The van der Waals surface area contributed by atoms with Gasteiger partial charge in [0.2, 0.25) is 0 Å². The van der Waals surface area contributed by atoms with Gasteiger partial charge in [0.25, 0.3) is 5.91 Å². The van der Waals surface area contributed by atoms with Gasteiger partial charge >= 0.3 is 0 Å². The van der Waals surface area contributed by atoms with E-state index in [9.17, 15) is 13.2 Å². The van der Waals surface area contributed by atoms with Crippen molar-refractivity contribution in [2.45, 2.75) is 10.1 Å². The summed E-state index contributed by atoms with van der Waals surface area (Å²) in [6.45, 7) is -0.0948. The number of sulfone groups is 1. The van der Waals surface area contributed by atoms with Gasteiger partial charge in [-0.25, -0.2) is 8.42 Å². The van der Waals surface area contributed by atoms with Crippen LogP contribution in [-0.2, 0) is 9.84 Å². The molecule has 0 saturated carbocycles. The van der Waals surface area contributed by atoms with Crippen molar-refractivity contribution in [1.29, 1.82) is 0 Å². The molecule has 128 valence electrons. The summed E-state index contributed by atoms with van der Waals surface area (Å²) in [5, 5.41) is 1.66. The molecule has 0 spiro atoms. The highest BCUT2D eigenvalue weighted by Crippen LogP contribution is 2.28. The van der Waals surface area contributed by atoms with E-state index in [-0.39, 0.29) is 17.2 Å². The van der Waals surface area contributed by atoms with E-state index in [1.165, 1.54) is 30.7 Å². The summed E-state index contributed by atoms with van der Waals surface area (Å²) in [4.78, 5) is 16.3. The standard InChI is InChI=1S/C18H16N2O4S/c21-18(16-9-5-11-24-16)20-13-17(14-6-4-10-19-12-14)25(22,23)15-7-2-1-3-8-15/h1-12,17H,13H2,(H,20,21). The molecule has 0 aliphatic heterocycles. The van der Waals surface area contributed by atoms with Gasteiger partial charge in [0.1, 0.15) is 5.25 Å². The number of aromatic nitrogens is 1. The molecular formula is C18H16N2O4S. The number of hydrogen-bond acceptors (Lipinski definition) is 5. The maximum Gasteiger partial charge on any atom is 0.287 e. The molecule has 2 aromatic heterocycles. The van der Waals surface area contributed by atoms with E-state index < -0.39 is 21.0 Å². The fraction of sp³-hybridized carbons (Fsp3) is 0.111. The maximum absolute atomic E-state index is 13.0. The highest BCUT2D eigenvalue weighted by Gasteiger charge is 2.30. The Bertz CT molecular complexity index is 924. The highest BCUT2D eigenvalue weighted by atomic mass is 32.2.